The molecule has 0 spiro atoms. The van der Waals surface area contributed by atoms with Crippen LogP contribution in [0.4, 0.5) is 0 Å². The third-order valence-electron chi connectivity index (χ3n) is 6.19. The molecule has 0 bridgehead atoms. The van der Waals surface area contributed by atoms with Crippen molar-refractivity contribution in [1.82, 2.24) is 15.5 Å². The molecule has 1 aliphatic rings. The molecular weight excluding hydrogens is 464 g/mol. The van der Waals surface area contributed by atoms with Crippen molar-refractivity contribution in [3.8, 4) is 5.75 Å². The number of hydrogen-bond acceptors (Lipinski definition) is 6. The highest BCUT2D eigenvalue weighted by atomic mass is 16.4. The molecule has 3 rings (SSSR count). The summed E-state index contributed by atoms with van der Waals surface area (Å²) in [6, 6.07) is 11.6. The number of likely N-dealkylation sites (tertiary alicyclic amines) is 1. The predicted molar refractivity (Wildman–Crippen MR) is 132 cm³/mol. The van der Waals surface area contributed by atoms with Gasteiger partial charge in [-0.25, -0.2) is 4.79 Å². The molecule has 2 aromatic carbocycles. The summed E-state index contributed by atoms with van der Waals surface area (Å²) in [6.07, 6.45) is 1.31. The van der Waals surface area contributed by atoms with Gasteiger partial charge in [-0.15, -0.1) is 0 Å². The first-order chi connectivity index (χ1) is 17.2. The van der Waals surface area contributed by atoms with Crippen molar-refractivity contribution in [2.24, 2.45) is 5.73 Å². The summed E-state index contributed by atoms with van der Waals surface area (Å²) >= 11 is 0. The van der Waals surface area contributed by atoms with Crippen LogP contribution >= 0.6 is 0 Å². The summed E-state index contributed by atoms with van der Waals surface area (Å²) in [4.78, 5) is 51.6. The molecule has 2 aromatic rings. The van der Waals surface area contributed by atoms with Gasteiger partial charge >= 0.3 is 5.97 Å². The number of carbonyl (C=O) groups is 4. The number of nitrogens with zero attached hydrogens (tertiary/aromatic N) is 1. The minimum atomic E-state index is -1.08. The molecule has 0 aliphatic carbocycles. The number of amides is 3. The normalized spacial score (nSPS) is 17.6. The van der Waals surface area contributed by atoms with Crippen molar-refractivity contribution in [2.45, 2.75) is 56.8 Å². The number of nitrogens with two attached hydrogens (primary N) is 1. The average molecular weight is 497 g/mol. The van der Waals surface area contributed by atoms with Gasteiger partial charge in [-0.2, -0.15) is 0 Å². The maximum atomic E-state index is 13.2. The van der Waals surface area contributed by atoms with Crippen molar-refractivity contribution in [2.75, 3.05) is 6.54 Å². The molecular formula is C26H32N4O6. The van der Waals surface area contributed by atoms with E-state index >= 15 is 0 Å². The van der Waals surface area contributed by atoms with Crippen LogP contribution < -0.4 is 16.4 Å². The Kier molecular flexibility index (Phi) is 9.02. The molecule has 10 heteroatoms. The van der Waals surface area contributed by atoms with Crippen LogP contribution in [0.5, 0.6) is 5.75 Å². The molecule has 1 fully saturated rings. The van der Waals surface area contributed by atoms with E-state index in [1.807, 2.05) is 30.3 Å². The SMILES string of the molecule is CC(NC(=O)C(Cc1ccc(O)cc1)NC(=O)C(N)Cc1ccccc1)C(=O)N1CCCC1C(=O)O. The van der Waals surface area contributed by atoms with Crippen LogP contribution in [0, 0.1) is 0 Å². The standard InChI is InChI=1S/C26H32N4O6/c1-16(25(34)30-13-5-8-22(30)26(35)36)28-24(33)21(15-18-9-11-19(31)12-10-18)29-23(32)20(27)14-17-6-3-2-4-7-17/h2-4,6-7,9-12,16,20-22,31H,5,8,13-15,27H2,1H3,(H,28,33)(H,29,32)(H,35,36). The van der Waals surface area contributed by atoms with Gasteiger partial charge in [0, 0.05) is 13.0 Å². The number of aromatic hydroxyl groups is 1. The first kappa shape index (κ1) is 26.7. The minimum Gasteiger partial charge on any atom is -0.508 e. The molecule has 0 saturated carbocycles. The van der Waals surface area contributed by atoms with Crippen molar-refractivity contribution >= 4 is 23.7 Å². The number of rotatable bonds is 10. The van der Waals surface area contributed by atoms with Gasteiger partial charge in [0.25, 0.3) is 0 Å². The first-order valence-corrected chi connectivity index (χ1v) is 11.9. The van der Waals surface area contributed by atoms with Crippen LogP contribution in [-0.2, 0) is 32.0 Å². The molecule has 1 heterocycles. The molecule has 36 heavy (non-hydrogen) atoms. The van der Waals surface area contributed by atoms with Crippen molar-refractivity contribution < 1.29 is 29.4 Å². The molecule has 10 nitrogen and oxygen atoms in total. The fraction of sp³-hybridized carbons (Fsp3) is 0.385. The van der Waals surface area contributed by atoms with E-state index in [0.717, 1.165) is 5.56 Å². The number of phenolic OH excluding ortho intramolecular Hbond substituents is 1. The number of benzene rings is 2. The van der Waals surface area contributed by atoms with Crippen molar-refractivity contribution in [1.29, 1.82) is 0 Å². The highest BCUT2D eigenvalue weighted by Crippen LogP contribution is 2.18. The van der Waals surface area contributed by atoms with Gasteiger partial charge in [-0.05, 0) is 49.4 Å². The summed E-state index contributed by atoms with van der Waals surface area (Å²) in [5, 5.41) is 24.2. The molecule has 1 aliphatic heterocycles. The van der Waals surface area contributed by atoms with Crippen LogP contribution in [0.3, 0.4) is 0 Å². The summed E-state index contributed by atoms with van der Waals surface area (Å²) in [5.74, 6) is -2.64. The number of nitrogens with one attached hydrogen (secondary N) is 2. The van der Waals surface area contributed by atoms with E-state index < -0.39 is 47.9 Å². The van der Waals surface area contributed by atoms with E-state index in [2.05, 4.69) is 10.6 Å². The minimum absolute atomic E-state index is 0.0616. The monoisotopic (exact) mass is 496 g/mol. The number of carbonyl (C=O) groups excluding carboxylic acids is 3. The number of hydrogen-bond donors (Lipinski definition) is 5. The Labute approximate surface area is 209 Å². The van der Waals surface area contributed by atoms with Crippen molar-refractivity contribution in [3.05, 3.63) is 65.7 Å². The maximum absolute atomic E-state index is 13.2. The topological polar surface area (TPSA) is 162 Å². The lowest BCUT2D eigenvalue weighted by Crippen LogP contribution is -2.57. The Bertz CT molecular complexity index is 1080. The fourth-order valence-electron chi connectivity index (χ4n) is 4.23. The molecule has 0 radical (unpaired) electrons. The smallest absolute Gasteiger partial charge is 0.326 e. The van der Waals surface area contributed by atoms with Crippen LogP contribution in [0.15, 0.2) is 54.6 Å². The second-order valence-electron chi connectivity index (χ2n) is 8.99. The average Bonchev–Trinajstić information content (AvgIpc) is 3.35. The predicted octanol–water partition coefficient (Wildman–Crippen LogP) is 0.570. The van der Waals surface area contributed by atoms with E-state index in [9.17, 15) is 29.4 Å². The Morgan fingerprint density at radius 1 is 0.972 bits per heavy atom. The van der Waals surface area contributed by atoms with E-state index in [1.165, 1.54) is 24.0 Å². The second kappa shape index (κ2) is 12.2. The highest BCUT2D eigenvalue weighted by molar-refractivity contribution is 5.94. The lowest BCUT2D eigenvalue weighted by atomic mass is 10.0. The van der Waals surface area contributed by atoms with E-state index in [1.54, 1.807) is 12.1 Å². The lowest BCUT2D eigenvalue weighted by Gasteiger charge is -2.27. The van der Waals surface area contributed by atoms with Crippen LogP contribution in [0.2, 0.25) is 0 Å². The fourth-order valence-corrected chi connectivity index (χ4v) is 4.23. The molecule has 6 N–H and O–H groups in total. The molecule has 192 valence electrons. The Balaban J connectivity index is 1.70. The van der Waals surface area contributed by atoms with Crippen LogP contribution in [0.25, 0.3) is 0 Å². The Morgan fingerprint density at radius 3 is 2.25 bits per heavy atom. The van der Waals surface area contributed by atoms with Gasteiger partial charge in [0.1, 0.15) is 23.9 Å². The van der Waals surface area contributed by atoms with Crippen LogP contribution in [0.1, 0.15) is 30.9 Å². The number of aliphatic carboxylic acids is 1. The van der Waals surface area contributed by atoms with E-state index in [0.29, 0.717) is 24.9 Å². The Hall–Kier alpha value is -3.92. The third kappa shape index (κ3) is 7.05. The zero-order valence-electron chi connectivity index (χ0n) is 20.1. The third-order valence-corrected chi connectivity index (χ3v) is 6.19. The van der Waals surface area contributed by atoms with Gasteiger partial charge in [0.05, 0.1) is 6.04 Å². The molecule has 4 atom stereocenters. The van der Waals surface area contributed by atoms with Gasteiger partial charge < -0.3 is 31.5 Å². The van der Waals surface area contributed by atoms with Gasteiger partial charge in [-0.3, -0.25) is 14.4 Å². The van der Waals surface area contributed by atoms with E-state index in [-0.39, 0.29) is 18.6 Å². The highest BCUT2D eigenvalue weighted by Gasteiger charge is 2.37. The quantitative estimate of drug-likeness (QED) is 0.321. The molecule has 4 unspecified atom stereocenters. The zero-order chi connectivity index (χ0) is 26.2. The Morgan fingerprint density at radius 2 is 1.61 bits per heavy atom. The first-order valence-electron chi connectivity index (χ1n) is 11.9. The largest absolute Gasteiger partial charge is 0.508 e. The summed E-state index contributed by atoms with van der Waals surface area (Å²) in [5.41, 5.74) is 7.64. The summed E-state index contributed by atoms with van der Waals surface area (Å²) in [6.45, 7) is 1.79. The molecule has 3 amide bonds. The number of carboxylic acid groups (broad SMARTS) is 1. The zero-order valence-corrected chi connectivity index (χ0v) is 20.1. The van der Waals surface area contributed by atoms with E-state index in [4.69, 9.17) is 5.73 Å². The summed E-state index contributed by atoms with van der Waals surface area (Å²) < 4.78 is 0. The lowest BCUT2D eigenvalue weighted by molar-refractivity contribution is -0.149. The number of phenols is 1. The second-order valence-corrected chi connectivity index (χ2v) is 8.99. The van der Waals surface area contributed by atoms with Gasteiger partial charge in [0.15, 0.2) is 0 Å². The van der Waals surface area contributed by atoms with Gasteiger partial charge in [0.2, 0.25) is 17.7 Å². The molecule has 1 saturated heterocycles. The van der Waals surface area contributed by atoms with Crippen LogP contribution in [-0.4, -0.2) is 69.5 Å². The molecule has 0 aromatic heterocycles. The van der Waals surface area contributed by atoms with Gasteiger partial charge in [-0.1, -0.05) is 42.5 Å². The summed E-state index contributed by atoms with van der Waals surface area (Å²) in [7, 11) is 0. The number of carboxylic acids is 1. The van der Waals surface area contributed by atoms with Crippen molar-refractivity contribution in [3.63, 3.8) is 0 Å². The maximum Gasteiger partial charge on any atom is 0.326 e.